The van der Waals surface area contributed by atoms with E-state index in [1.807, 2.05) is 72.7 Å². The molecule has 4 aliphatic carbocycles. The number of hydrogen-bond acceptors (Lipinski definition) is 5. The topological polar surface area (TPSA) is 111 Å². The summed E-state index contributed by atoms with van der Waals surface area (Å²) in [6.45, 7) is 6.99. The Hall–Kier alpha value is -3.72. The Bertz CT molecular complexity index is 1490. The van der Waals surface area contributed by atoms with E-state index in [1.165, 1.54) is 5.57 Å². The molecule has 3 saturated carbocycles. The fourth-order valence-corrected chi connectivity index (χ4v) is 9.12. The van der Waals surface area contributed by atoms with Gasteiger partial charge >= 0.3 is 11.8 Å². The smallest absolute Gasteiger partial charge is 0.305 e. The number of rotatable bonds is 7. The molecule has 0 aliphatic heterocycles. The number of carbonyl (C=O) groups is 2. The summed E-state index contributed by atoms with van der Waals surface area (Å²) in [4.78, 5) is 25.0. The highest BCUT2D eigenvalue weighted by molar-refractivity contribution is 5.97. The highest BCUT2D eigenvalue weighted by Crippen LogP contribution is 2.67. The van der Waals surface area contributed by atoms with E-state index < -0.39 is 5.60 Å². The van der Waals surface area contributed by atoms with Gasteiger partial charge in [-0.2, -0.15) is 19.3 Å². The van der Waals surface area contributed by atoms with Crippen molar-refractivity contribution in [3.63, 3.8) is 0 Å². The number of hydrazone groups is 2. The molecular weight excluding hydrogens is 552 g/mol. The van der Waals surface area contributed by atoms with Gasteiger partial charge in [-0.05, 0) is 87.5 Å². The van der Waals surface area contributed by atoms with E-state index in [9.17, 15) is 14.7 Å². The molecule has 9 heteroatoms. The van der Waals surface area contributed by atoms with Crippen LogP contribution in [0.3, 0.4) is 0 Å². The fourth-order valence-electron chi connectivity index (χ4n) is 9.12. The number of fused-ring (bicyclic) bond motifs is 5. The molecule has 3 N–H and O–H groups in total. The van der Waals surface area contributed by atoms with Crippen molar-refractivity contribution in [1.29, 1.82) is 0 Å². The third kappa shape index (κ3) is 5.51. The van der Waals surface area contributed by atoms with Crippen molar-refractivity contribution >= 4 is 23.2 Å². The van der Waals surface area contributed by atoms with Gasteiger partial charge in [0, 0.05) is 29.7 Å². The second kappa shape index (κ2) is 12.0. The molecule has 6 atom stereocenters. The molecule has 3 fully saturated rings. The lowest BCUT2D eigenvalue weighted by atomic mass is 9.46. The minimum atomic E-state index is -1.03. The van der Waals surface area contributed by atoms with Crippen molar-refractivity contribution < 1.29 is 23.8 Å². The Morgan fingerprint density at radius 3 is 2.11 bits per heavy atom. The van der Waals surface area contributed by atoms with Crippen LogP contribution in [0.5, 0.6) is 0 Å². The SMILES string of the molecule is C/C(=N/NC(=O)C[n+]1ccccc1)[C@@]1(O)CC[C@H]2[C@@H]3CCC4=C/C(=N\NC(=O)C[n+]5ccccc5)CC[C@]4(C)[C@H]3CC[C@@]21C. The molecule has 9 nitrogen and oxygen atoms in total. The van der Waals surface area contributed by atoms with Gasteiger partial charge in [-0.15, -0.1) is 0 Å². The van der Waals surface area contributed by atoms with Gasteiger partial charge < -0.3 is 5.11 Å². The summed E-state index contributed by atoms with van der Waals surface area (Å²) in [5, 5.41) is 21.2. The van der Waals surface area contributed by atoms with Gasteiger partial charge in [0.05, 0.1) is 11.4 Å². The fraction of sp³-hybridized carbons (Fsp3) is 0.543. The lowest BCUT2D eigenvalue weighted by molar-refractivity contribution is -0.684. The molecule has 2 aromatic rings. The number of aliphatic hydroxyl groups is 1. The van der Waals surface area contributed by atoms with Gasteiger partial charge in [0.25, 0.3) is 0 Å². The molecule has 2 amide bonds. The summed E-state index contributed by atoms with van der Waals surface area (Å²) in [5.41, 5.74) is 7.30. The Morgan fingerprint density at radius 1 is 0.841 bits per heavy atom. The molecule has 0 aromatic carbocycles. The predicted octanol–water partition coefficient (Wildman–Crippen LogP) is 3.62. The van der Waals surface area contributed by atoms with Crippen LogP contribution in [0.15, 0.2) is 83.0 Å². The monoisotopic (exact) mass is 598 g/mol. The third-order valence-corrected chi connectivity index (χ3v) is 11.6. The highest BCUT2D eigenvalue weighted by Gasteiger charge is 2.64. The van der Waals surface area contributed by atoms with Gasteiger partial charge in [0.2, 0.25) is 13.1 Å². The summed E-state index contributed by atoms with van der Waals surface area (Å²) in [7, 11) is 0. The van der Waals surface area contributed by atoms with Gasteiger partial charge in [0.1, 0.15) is 5.60 Å². The molecule has 6 rings (SSSR count). The summed E-state index contributed by atoms with van der Waals surface area (Å²) in [6.07, 6.45) is 17.3. The molecule has 0 saturated heterocycles. The molecule has 2 heterocycles. The first-order chi connectivity index (χ1) is 21.1. The molecule has 4 aliphatic rings. The van der Waals surface area contributed by atoms with Crippen LogP contribution in [0.25, 0.3) is 0 Å². The normalized spacial score (nSPS) is 33.9. The number of pyridine rings is 2. The molecular formula is C35H46N6O3+2. The molecule has 0 radical (unpaired) electrons. The molecule has 0 bridgehead atoms. The van der Waals surface area contributed by atoms with Crippen molar-refractivity contribution in [3.05, 3.63) is 72.8 Å². The predicted molar refractivity (Wildman–Crippen MR) is 167 cm³/mol. The van der Waals surface area contributed by atoms with E-state index in [1.54, 1.807) is 4.57 Å². The second-order valence-corrected chi connectivity index (χ2v) is 13.8. The van der Waals surface area contributed by atoms with Gasteiger partial charge in [-0.3, -0.25) is 9.59 Å². The average Bonchev–Trinajstić information content (AvgIpc) is 3.31. The van der Waals surface area contributed by atoms with Crippen LogP contribution in [0.2, 0.25) is 0 Å². The van der Waals surface area contributed by atoms with E-state index in [4.69, 9.17) is 0 Å². The van der Waals surface area contributed by atoms with E-state index in [0.717, 1.165) is 50.7 Å². The van der Waals surface area contributed by atoms with E-state index >= 15 is 0 Å². The largest absolute Gasteiger partial charge is 0.383 e. The van der Waals surface area contributed by atoms with Crippen LogP contribution in [0, 0.1) is 28.6 Å². The standard InChI is InChI=1S/C35H44N6O3/c1-25(36-38-31(42)23-40-18-6-4-7-19-40)35(44)17-14-30-28-11-10-26-22-27(37-39-32(43)24-41-20-8-5-9-21-41)12-15-33(26,2)29(28)13-16-34(30,35)3/h4-9,18-22,28-30,44H,10-17,23-24H2,1-3H3/p+2/b36-25-,37-27-/t28-,29+,30+,33+,34+,35+/m1/s1. The Morgan fingerprint density at radius 2 is 1.45 bits per heavy atom. The summed E-state index contributed by atoms with van der Waals surface area (Å²) in [5.74, 6) is 1.19. The van der Waals surface area contributed by atoms with Crippen LogP contribution in [0.1, 0.15) is 72.1 Å². The number of aromatic nitrogens is 2. The first kappa shape index (κ1) is 30.3. The maximum absolute atomic E-state index is 12.6. The molecule has 232 valence electrons. The van der Waals surface area contributed by atoms with E-state index in [0.29, 0.717) is 29.9 Å². The van der Waals surface area contributed by atoms with Gasteiger partial charge in [0.15, 0.2) is 24.8 Å². The van der Waals surface area contributed by atoms with Crippen molar-refractivity contribution in [2.24, 2.45) is 38.8 Å². The quantitative estimate of drug-likeness (QED) is 0.257. The number of amides is 2. The maximum atomic E-state index is 12.6. The number of nitrogens with one attached hydrogen (secondary N) is 2. The van der Waals surface area contributed by atoms with Gasteiger partial charge in [-0.1, -0.05) is 31.6 Å². The van der Waals surface area contributed by atoms with E-state index in [2.05, 4.69) is 41.0 Å². The summed E-state index contributed by atoms with van der Waals surface area (Å²) in [6, 6.07) is 11.4. The van der Waals surface area contributed by atoms with Gasteiger partial charge in [-0.25, -0.2) is 10.9 Å². The molecule has 44 heavy (non-hydrogen) atoms. The minimum absolute atomic E-state index is 0.111. The van der Waals surface area contributed by atoms with Crippen LogP contribution < -0.4 is 20.0 Å². The first-order valence-corrected chi connectivity index (χ1v) is 16.1. The lowest BCUT2D eigenvalue weighted by Gasteiger charge is -2.59. The number of allylic oxidation sites excluding steroid dienone is 2. The van der Waals surface area contributed by atoms with Crippen molar-refractivity contribution in [2.75, 3.05) is 0 Å². The first-order valence-electron chi connectivity index (χ1n) is 16.1. The van der Waals surface area contributed by atoms with Crippen LogP contribution in [-0.2, 0) is 22.7 Å². The minimum Gasteiger partial charge on any atom is -0.383 e. The third-order valence-electron chi connectivity index (χ3n) is 11.6. The van der Waals surface area contributed by atoms with Crippen LogP contribution in [-0.4, -0.2) is 33.9 Å². The van der Waals surface area contributed by atoms with Crippen LogP contribution >= 0.6 is 0 Å². The Balaban J connectivity index is 1.12. The summed E-state index contributed by atoms with van der Waals surface area (Å²) >= 11 is 0. The summed E-state index contributed by atoms with van der Waals surface area (Å²) < 4.78 is 3.64. The zero-order chi connectivity index (χ0) is 31.0. The molecule has 0 spiro atoms. The highest BCUT2D eigenvalue weighted by atomic mass is 16.3. The zero-order valence-corrected chi connectivity index (χ0v) is 26.2. The lowest BCUT2D eigenvalue weighted by Crippen LogP contribution is -2.57. The Labute approximate surface area is 260 Å². The number of carbonyl (C=O) groups excluding carboxylic acids is 2. The van der Waals surface area contributed by atoms with E-state index in [-0.39, 0.29) is 35.7 Å². The van der Waals surface area contributed by atoms with Crippen molar-refractivity contribution in [1.82, 2.24) is 10.9 Å². The van der Waals surface area contributed by atoms with Crippen LogP contribution in [0.4, 0.5) is 0 Å². The van der Waals surface area contributed by atoms with Crippen molar-refractivity contribution in [2.45, 2.75) is 90.8 Å². The maximum Gasteiger partial charge on any atom is 0.305 e. The van der Waals surface area contributed by atoms with Crippen molar-refractivity contribution in [3.8, 4) is 0 Å². The number of hydrogen-bond donors (Lipinski definition) is 3. The molecule has 2 aromatic heterocycles. The zero-order valence-electron chi connectivity index (χ0n) is 26.2. The Kier molecular flexibility index (Phi) is 8.26. The molecule has 0 unspecified atom stereocenters. The second-order valence-electron chi connectivity index (χ2n) is 13.8. The average molecular weight is 599 g/mol. The number of nitrogens with zero attached hydrogens (tertiary/aromatic N) is 4.